The molecule has 2 heterocycles. The highest BCUT2D eigenvalue weighted by molar-refractivity contribution is 5.45. The molecule has 0 spiro atoms. The van der Waals surface area contributed by atoms with Crippen molar-refractivity contribution in [1.82, 2.24) is 19.7 Å². The van der Waals surface area contributed by atoms with Crippen LogP contribution in [0, 0.1) is 0 Å². The average molecular weight is 274 g/mol. The Bertz CT molecular complexity index is 541. The fourth-order valence-corrected chi connectivity index (χ4v) is 1.78. The summed E-state index contributed by atoms with van der Waals surface area (Å²) in [6.07, 6.45) is 4.71. The second-order valence-electron chi connectivity index (χ2n) is 5.80. The average Bonchev–Trinajstić information content (AvgIpc) is 2.86. The van der Waals surface area contributed by atoms with Crippen molar-refractivity contribution in [2.75, 3.05) is 17.6 Å². The molecule has 0 saturated heterocycles. The molecule has 108 valence electrons. The topological polar surface area (TPSA) is 81.6 Å². The van der Waals surface area contributed by atoms with E-state index < -0.39 is 0 Å². The molecular formula is C14H22N6. The van der Waals surface area contributed by atoms with Crippen LogP contribution in [0.1, 0.15) is 33.0 Å². The molecule has 0 aliphatic heterocycles. The molecule has 0 bridgehead atoms. The van der Waals surface area contributed by atoms with Gasteiger partial charge in [-0.05, 0) is 12.5 Å². The zero-order chi connectivity index (χ0) is 14.6. The van der Waals surface area contributed by atoms with E-state index in [1.54, 1.807) is 12.3 Å². The highest BCUT2D eigenvalue weighted by atomic mass is 15.3. The maximum Gasteiger partial charge on any atom is 0.138 e. The molecule has 0 amide bonds. The van der Waals surface area contributed by atoms with Crippen molar-refractivity contribution in [2.24, 2.45) is 0 Å². The summed E-state index contributed by atoms with van der Waals surface area (Å²) < 4.78 is 1.91. The Morgan fingerprint density at radius 2 is 2.10 bits per heavy atom. The summed E-state index contributed by atoms with van der Waals surface area (Å²) in [6, 6.07) is 3.69. The number of rotatable bonds is 5. The SMILES string of the molecule is CC(C)(C)c1nc(N)cc(NCCCn2cccn2)n1. The van der Waals surface area contributed by atoms with Crippen LogP contribution < -0.4 is 11.1 Å². The van der Waals surface area contributed by atoms with Gasteiger partial charge in [-0.25, -0.2) is 9.97 Å². The van der Waals surface area contributed by atoms with Gasteiger partial charge in [0.2, 0.25) is 0 Å². The number of aryl methyl sites for hydroxylation is 1. The van der Waals surface area contributed by atoms with E-state index in [9.17, 15) is 0 Å². The first-order chi connectivity index (χ1) is 9.45. The largest absolute Gasteiger partial charge is 0.384 e. The van der Waals surface area contributed by atoms with Gasteiger partial charge in [-0.15, -0.1) is 0 Å². The van der Waals surface area contributed by atoms with Gasteiger partial charge in [0.15, 0.2) is 0 Å². The number of nitrogens with two attached hydrogens (primary N) is 1. The second kappa shape index (κ2) is 5.90. The molecule has 6 nitrogen and oxygen atoms in total. The van der Waals surface area contributed by atoms with Crippen LogP contribution in [0.2, 0.25) is 0 Å². The normalized spacial score (nSPS) is 11.6. The van der Waals surface area contributed by atoms with Gasteiger partial charge in [0.25, 0.3) is 0 Å². The molecule has 2 aromatic heterocycles. The van der Waals surface area contributed by atoms with Gasteiger partial charge in [-0.2, -0.15) is 5.10 Å². The molecule has 0 aliphatic rings. The van der Waals surface area contributed by atoms with Crippen LogP contribution in [0.3, 0.4) is 0 Å². The molecule has 0 fully saturated rings. The standard InChI is InChI=1S/C14H22N6/c1-14(2,3)13-18-11(15)10-12(19-13)16-6-4-8-20-9-5-7-17-20/h5,7,9-10H,4,6,8H2,1-3H3,(H3,15,16,18,19). The van der Waals surface area contributed by atoms with Crippen LogP contribution in [0.4, 0.5) is 11.6 Å². The molecule has 0 unspecified atom stereocenters. The Morgan fingerprint density at radius 1 is 1.30 bits per heavy atom. The zero-order valence-corrected chi connectivity index (χ0v) is 12.3. The number of nitrogen functional groups attached to an aromatic ring is 1. The number of aromatic nitrogens is 4. The molecule has 3 N–H and O–H groups in total. The zero-order valence-electron chi connectivity index (χ0n) is 12.3. The smallest absolute Gasteiger partial charge is 0.138 e. The van der Waals surface area contributed by atoms with Gasteiger partial charge >= 0.3 is 0 Å². The number of anilines is 2. The lowest BCUT2D eigenvalue weighted by molar-refractivity contribution is 0.546. The molecule has 6 heteroatoms. The lowest BCUT2D eigenvalue weighted by atomic mass is 9.96. The minimum atomic E-state index is -0.110. The minimum Gasteiger partial charge on any atom is -0.384 e. The summed E-state index contributed by atoms with van der Waals surface area (Å²) in [7, 11) is 0. The summed E-state index contributed by atoms with van der Waals surface area (Å²) in [4.78, 5) is 8.80. The third-order valence-electron chi connectivity index (χ3n) is 2.85. The van der Waals surface area contributed by atoms with E-state index in [0.717, 1.165) is 31.2 Å². The number of nitrogens with zero attached hydrogens (tertiary/aromatic N) is 4. The van der Waals surface area contributed by atoms with E-state index in [4.69, 9.17) is 5.73 Å². The monoisotopic (exact) mass is 274 g/mol. The fourth-order valence-electron chi connectivity index (χ4n) is 1.78. The van der Waals surface area contributed by atoms with E-state index in [-0.39, 0.29) is 5.41 Å². The molecule has 0 saturated carbocycles. The first-order valence-electron chi connectivity index (χ1n) is 6.81. The van der Waals surface area contributed by atoms with Gasteiger partial charge in [0, 0.05) is 37.0 Å². The summed E-state index contributed by atoms with van der Waals surface area (Å²) >= 11 is 0. The van der Waals surface area contributed by atoms with E-state index in [1.807, 2.05) is 16.9 Å². The van der Waals surface area contributed by atoms with Crippen molar-refractivity contribution < 1.29 is 0 Å². The molecule has 2 rings (SSSR count). The van der Waals surface area contributed by atoms with E-state index in [1.165, 1.54) is 0 Å². The number of hydrogen-bond donors (Lipinski definition) is 2. The van der Waals surface area contributed by atoms with Crippen molar-refractivity contribution in [1.29, 1.82) is 0 Å². The van der Waals surface area contributed by atoms with Gasteiger partial charge < -0.3 is 11.1 Å². The van der Waals surface area contributed by atoms with Crippen molar-refractivity contribution in [3.05, 3.63) is 30.4 Å². The summed E-state index contributed by atoms with van der Waals surface area (Å²) in [5, 5.41) is 7.45. The van der Waals surface area contributed by atoms with Gasteiger partial charge in [-0.1, -0.05) is 20.8 Å². The Hall–Kier alpha value is -2.11. The predicted octanol–water partition coefficient (Wildman–Crippen LogP) is 2.05. The Morgan fingerprint density at radius 3 is 2.75 bits per heavy atom. The second-order valence-corrected chi connectivity index (χ2v) is 5.80. The first-order valence-corrected chi connectivity index (χ1v) is 6.81. The van der Waals surface area contributed by atoms with Crippen molar-refractivity contribution in [3.8, 4) is 0 Å². The summed E-state index contributed by atoms with van der Waals surface area (Å²) in [6.45, 7) is 7.92. The highest BCUT2D eigenvalue weighted by Gasteiger charge is 2.18. The fraction of sp³-hybridized carbons (Fsp3) is 0.500. The lowest BCUT2D eigenvalue weighted by Crippen LogP contribution is -2.18. The van der Waals surface area contributed by atoms with Crippen LogP contribution in [-0.2, 0) is 12.0 Å². The minimum absolute atomic E-state index is 0.110. The highest BCUT2D eigenvalue weighted by Crippen LogP contribution is 2.21. The Kier molecular flexibility index (Phi) is 4.22. The Balaban J connectivity index is 1.91. The van der Waals surface area contributed by atoms with Crippen LogP contribution in [-0.4, -0.2) is 26.3 Å². The van der Waals surface area contributed by atoms with Crippen molar-refractivity contribution >= 4 is 11.6 Å². The summed E-state index contributed by atoms with van der Waals surface area (Å²) in [5.41, 5.74) is 5.72. The van der Waals surface area contributed by atoms with Crippen LogP contribution in [0.15, 0.2) is 24.5 Å². The van der Waals surface area contributed by atoms with Gasteiger partial charge in [0.05, 0.1) is 0 Å². The molecule has 0 radical (unpaired) electrons. The van der Waals surface area contributed by atoms with Crippen molar-refractivity contribution in [2.45, 2.75) is 39.2 Å². The predicted molar refractivity (Wildman–Crippen MR) is 80.5 cm³/mol. The maximum absolute atomic E-state index is 5.83. The van der Waals surface area contributed by atoms with Crippen LogP contribution in [0.5, 0.6) is 0 Å². The summed E-state index contributed by atoms with van der Waals surface area (Å²) in [5.74, 6) is 2.04. The molecule has 2 aromatic rings. The number of hydrogen-bond acceptors (Lipinski definition) is 5. The third kappa shape index (κ3) is 3.94. The van der Waals surface area contributed by atoms with Crippen LogP contribution >= 0.6 is 0 Å². The molecule has 0 atom stereocenters. The quantitative estimate of drug-likeness (QED) is 0.816. The van der Waals surface area contributed by atoms with Gasteiger partial charge in [0.1, 0.15) is 17.5 Å². The van der Waals surface area contributed by atoms with Crippen molar-refractivity contribution in [3.63, 3.8) is 0 Å². The van der Waals surface area contributed by atoms with E-state index in [2.05, 4.69) is 41.2 Å². The number of nitrogens with one attached hydrogen (secondary N) is 1. The van der Waals surface area contributed by atoms with E-state index >= 15 is 0 Å². The molecule has 20 heavy (non-hydrogen) atoms. The molecule has 0 aromatic carbocycles. The maximum atomic E-state index is 5.83. The Labute approximate surface area is 119 Å². The van der Waals surface area contributed by atoms with E-state index in [0.29, 0.717) is 5.82 Å². The first kappa shape index (κ1) is 14.3. The van der Waals surface area contributed by atoms with Gasteiger partial charge in [-0.3, -0.25) is 4.68 Å². The molecule has 0 aliphatic carbocycles. The third-order valence-corrected chi connectivity index (χ3v) is 2.85. The lowest BCUT2D eigenvalue weighted by Gasteiger charge is -2.18. The van der Waals surface area contributed by atoms with Crippen LogP contribution in [0.25, 0.3) is 0 Å². The molecular weight excluding hydrogens is 252 g/mol.